The molecular formula is C43H32N4O2S2. The first-order valence-electron chi connectivity index (χ1n) is 16.9. The van der Waals surface area contributed by atoms with Crippen LogP contribution in [0.25, 0.3) is 43.1 Å². The van der Waals surface area contributed by atoms with Crippen LogP contribution in [-0.2, 0) is 0 Å². The Morgan fingerprint density at radius 3 is 1.24 bits per heavy atom. The first-order valence-corrected chi connectivity index (χ1v) is 18.8. The summed E-state index contributed by atoms with van der Waals surface area (Å²) in [5.74, 6) is 1.47. The van der Waals surface area contributed by atoms with Crippen molar-refractivity contribution < 1.29 is 9.59 Å². The molecule has 0 aliphatic heterocycles. The van der Waals surface area contributed by atoms with E-state index in [2.05, 4.69) is 9.69 Å². The number of rotatable bonds is 12. The lowest BCUT2D eigenvalue weighted by atomic mass is 9.99. The van der Waals surface area contributed by atoms with Crippen molar-refractivity contribution in [3.8, 4) is 34.4 Å². The second-order valence-electron chi connectivity index (χ2n) is 12.2. The van der Waals surface area contributed by atoms with E-state index in [4.69, 9.17) is 13.1 Å². The van der Waals surface area contributed by atoms with E-state index in [-0.39, 0.29) is 21.6 Å². The summed E-state index contributed by atoms with van der Waals surface area (Å²) >= 11 is 2.66. The molecule has 0 N–H and O–H groups in total. The van der Waals surface area contributed by atoms with E-state index in [0.717, 1.165) is 101 Å². The largest absolute Gasteiger partial charge is 0.282 e. The minimum atomic E-state index is 0.00753. The Hall–Kier alpha value is -5.64. The predicted octanol–water partition coefficient (Wildman–Crippen LogP) is 11.2. The fourth-order valence-corrected chi connectivity index (χ4v) is 8.65. The summed E-state index contributed by atoms with van der Waals surface area (Å²) in [5, 5.41) is 19.2. The first-order chi connectivity index (χ1) is 25.0. The molecule has 6 rings (SSSR count). The summed E-state index contributed by atoms with van der Waals surface area (Å²) < 4.78 is 0. The van der Waals surface area contributed by atoms with Crippen LogP contribution in [0.5, 0.6) is 0 Å². The van der Waals surface area contributed by atoms with Crippen molar-refractivity contribution in [3.05, 3.63) is 153 Å². The molecule has 0 aromatic heterocycles. The number of unbranched alkanes of at least 4 members (excludes halogenated alkanes) is 6. The molecule has 2 aliphatic carbocycles. The zero-order valence-corrected chi connectivity index (χ0v) is 29.5. The summed E-state index contributed by atoms with van der Waals surface area (Å²) in [6.45, 7) is 15.0. The van der Waals surface area contributed by atoms with Crippen molar-refractivity contribution in [1.82, 2.24) is 0 Å². The van der Waals surface area contributed by atoms with Gasteiger partial charge in [-0.3, -0.25) is 9.59 Å². The lowest BCUT2D eigenvalue weighted by molar-refractivity contribution is 0.108. The topological polar surface area (TPSA) is 90.4 Å². The number of carbonyl (C=O) groups excluding carboxylic acids is 2. The summed E-state index contributed by atoms with van der Waals surface area (Å²) in [5.41, 5.74) is 9.11. The Morgan fingerprint density at radius 1 is 0.510 bits per heavy atom. The lowest BCUT2D eigenvalue weighted by Crippen LogP contribution is -1.99. The van der Waals surface area contributed by atoms with Crippen LogP contribution >= 0.6 is 23.5 Å². The molecule has 0 unspecified atom stereocenters. The molecule has 0 saturated carbocycles. The normalized spacial score (nSPS) is 13.7. The van der Waals surface area contributed by atoms with Crippen LogP contribution in [0.4, 0.5) is 0 Å². The zero-order valence-electron chi connectivity index (χ0n) is 27.9. The van der Waals surface area contributed by atoms with Gasteiger partial charge in [0.05, 0.1) is 25.3 Å². The third-order valence-corrected chi connectivity index (χ3v) is 11.2. The molecule has 0 radical (unpaired) electrons. The number of thioether (sulfide) groups is 2. The molecule has 4 aromatic carbocycles. The summed E-state index contributed by atoms with van der Waals surface area (Å²) in [4.78, 5) is 33.6. The van der Waals surface area contributed by atoms with Crippen molar-refractivity contribution in [2.45, 2.75) is 44.9 Å². The number of nitriles is 2. The van der Waals surface area contributed by atoms with E-state index in [1.165, 1.54) is 23.5 Å². The van der Waals surface area contributed by atoms with Crippen LogP contribution in [-0.4, -0.2) is 21.7 Å². The van der Waals surface area contributed by atoms with E-state index >= 15 is 0 Å². The SMILES string of the molecule is [C-]#[N+]/C(C#N)=C1/c2ccccc2-c2c(C(=O)SCCCCCCCCCSC(=O)c3cccc4c3-c3ccccc3/C4=C(/C#N)[N+]#[C-])cccc21. The molecule has 51 heavy (non-hydrogen) atoms. The van der Waals surface area contributed by atoms with Gasteiger partial charge in [0.15, 0.2) is 0 Å². The van der Waals surface area contributed by atoms with Crippen molar-refractivity contribution in [1.29, 1.82) is 10.5 Å². The van der Waals surface area contributed by atoms with Crippen LogP contribution in [0, 0.1) is 35.8 Å². The van der Waals surface area contributed by atoms with Gasteiger partial charge in [-0.15, -0.1) is 0 Å². The highest BCUT2D eigenvalue weighted by Gasteiger charge is 2.31. The Morgan fingerprint density at radius 2 is 0.863 bits per heavy atom. The lowest BCUT2D eigenvalue weighted by Gasteiger charge is -2.09. The van der Waals surface area contributed by atoms with Gasteiger partial charge in [0.2, 0.25) is 10.2 Å². The van der Waals surface area contributed by atoms with Gasteiger partial charge in [-0.2, -0.15) is 0 Å². The highest BCUT2D eigenvalue weighted by atomic mass is 32.2. The number of allylic oxidation sites excluding steroid dienone is 2. The van der Waals surface area contributed by atoms with Crippen LogP contribution in [0.1, 0.15) is 87.9 Å². The maximum absolute atomic E-state index is 13.4. The standard InChI is InChI=1S/C43H32N4O2S2/c1-46-36(26-44)40-30-18-10-8-16-28(30)38-32(40)20-14-22-34(38)42(48)50-24-12-6-4-3-5-7-13-25-51-43(49)35-23-15-21-33-39(35)29-17-9-11-19-31(29)41(33)37(27-45)47-2/h8-11,14-23H,3-7,12-13,24-25H2/b40-36-,41-37+. The van der Waals surface area contributed by atoms with E-state index in [1.807, 2.05) is 97.1 Å². The van der Waals surface area contributed by atoms with Gasteiger partial charge < -0.3 is 0 Å². The van der Waals surface area contributed by atoms with Gasteiger partial charge in [-0.1, -0.05) is 128 Å². The highest BCUT2D eigenvalue weighted by Crippen LogP contribution is 2.49. The third kappa shape index (κ3) is 7.04. The second-order valence-corrected chi connectivity index (χ2v) is 14.3. The van der Waals surface area contributed by atoms with Gasteiger partial charge in [0, 0.05) is 44.9 Å². The Bertz CT molecular complexity index is 2100. The van der Waals surface area contributed by atoms with Gasteiger partial charge >= 0.3 is 0 Å². The fourth-order valence-electron chi connectivity index (χ4n) is 6.93. The number of fused-ring (bicyclic) bond motifs is 6. The fraction of sp³-hybridized carbons (Fsp3) is 0.209. The molecule has 0 atom stereocenters. The second kappa shape index (κ2) is 16.4. The molecule has 0 fully saturated rings. The molecule has 4 aromatic rings. The van der Waals surface area contributed by atoms with Crippen molar-refractivity contribution in [3.63, 3.8) is 0 Å². The van der Waals surface area contributed by atoms with Gasteiger partial charge in [-0.25, -0.2) is 20.2 Å². The minimum Gasteiger partial charge on any atom is -0.282 e. The quantitative estimate of drug-likeness (QED) is 0.0717. The predicted molar refractivity (Wildman–Crippen MR) is 206 cm³/mol. The molecule has 6 nitrogen and oxygen atoms in total. The highest BCUT2D eigenvalue weighted by molar-refractivity contribution is 8.14. The maximum atomic E-state index is 13.4. The number of hydrogen-bond donors (Lipinski definition) is 0. The van der Waals surface area contributed by atoms with Crippen LogP contribution in [0.2, 0.25) is 0 Å². The molecule has 2 aliphatic rings. The van der Waals surface area contributed by atoms with Crippen LogP contribution < -0.4 is 0 Å². The number of hydrogen-bond acceptors (Lipinski definition) is 6. The monoisotopic (exact) mass is 700 g/mol. The smallest absolute Gasteiger partial charge is 0.270 e. The number of carbonyl (C=O) groups is 2. The molecule has 0 bridgehead atoms. The van der Waals surface area contributed by atoms with Gasteiger partial charge in [-0.05, 0) is 58.4 Å². The Kier molecular flexibility index (Phi) is 11.3. The van der Waals surface area contributed by atoms with Crippen molar-refractivity contribution in [2.24, 2.45) is 0 Å². The summed E-state index contributed by atoms with van der Waals surface area (Å²) in [7, 11) is 0. The third-order valence-electron chi connectivity index (χ3n) is 9.20. The van der Waals surface area contributed by atoms with Crippen LogP contribution in [0.3, 0.4) is 0 Å². The van der Waals surface area contributed by atoms with E-state index in [9.17, 15) is 20.1 Å². The summed E-state index contributed by atoms with van der Waals surface area (Å²) in [6, 6.07) is 30.5. The number of benzene rings is 4. The van der Waals surface area contributed by atoms with Gasteiger partial charge in [0.1, 0.15) is 0 Å². The zero-order chi connectivity index (χ0) is 35.7. The Labute approximate surface area is 307 Å². The van der Waals surface area contributed by atoms with Crippen LogP contribution in [0.15, 0.2) is 96.3 Å². The molecule has 8 heteroatoms. The minimum absolute atomic E-state index is 0.00753. The summed E-state index contributed by atoms with van der Waals surface area (Å²) in [6.07, 6.45) is 7.28. The Balaban J connectivity index is 0.933. The first kappa shape index (κ1) is 35.2. The molecule has 0 saturated heterocycles. The van der Waals surface area contributed by atoms with E-state index < -0.39 is 0 Å². The molecule has 0 amide bonds. The van der Waals surface area contributed by atoms with E-state index in [0.29, 0.717) is 22.3 Å². The molecule has 248 valence electrons. The average molecular weight is 701 g/mol. The van der Waals surface area contributed by atoms with Crippen molar-refractivity contribution in [2.75, 3.05) is 11.5 Å². The number of nitrogens with zero attached hydrogens (tertiary/aromatic N) is 4. The van der Waals surface area contributed by atoms with Gasteiger partial charge in [0.25, 0.3) is 11.4 Å². The molecule has 0 heterocycles. The van der Waals surface area contributed by atoms with E-state index in [1.54, 1.807) is 0 Å². The maximum Gasteiger partial charge on any atom is 0.270 e. The molecule has 0 spiro atoms. The van der Waals surface area contributed by atoms with Crippen molar-refractivity contribution >= 4 is 44.9 Å². The average Bonchev–Trinajstić information content (AvgIpc) is 3.68. The molecular weight excluding hydrogens is 669 g/mol.